The zero-order valence-electron chi connectivity index (χ0n) is 9.66. The van der Waals surface area contributed by atoms with Crippen LogP contribution in [0.3, 0.4) is 0 Å². The normalized spacial score (nSPS) is 14.7. The number of hydrogen-bond acceptors (Lipinski definition) is 3. The number of aromatic nitrogens is 2. The van der Waals surface area contributed by atoms with Gasteiger partial charge in [0, 0.05) is 24.2 Å². The highest BCUT2D eigenvalue weighted by molar-refractivity contribution is 7.89. The molecule has 104 valence electrons. The molecule has 0 saturated heterocycles. The van der Waals surface area contributed by atoms with Gasteiger partial charge in [-0.15, -0.1) is 0 Å². The second-order valence-electron chi connectivity index (χ2n) is 3.91. The highest BCUT2D eigenvalue weighted by Gasteiger charge is 2.27. The fourth-order valence-corrected chi connectivity index (χ4v) is 2.67. The van der Waals surface area contributed by atoms with Gasteiger partial charge in [0.1, 0.15) is 0 Å². The number of aromatic amines is 1. The highest BCUT2D eigenvalue weighted by atomic mass is 32.2. The second kappa shape index (κ2) is 5.70. The average molecular weight is 285 g/mol. The van der Waals surface area contributed by atoms with Crippen LogP contribution in [0.2, 0.25) is 0 Å². The number of rotatable bonds is 6. The topological polar surface area (TPSA) is 74.8 Å². The molecule has 0 spiro atoms. The fraction of sp³-hybridized carbons (Fsp3) is 0.667. The first-order valence-corrected chi connectivity index (χ1v) is 6.90. The first kappa shape index (κ1) is 15.0. The van der Waals surface area contributed by atoms with E-state index >= 15 is 0 Å². The number of nitrogens with zero attached hydrogens (tertiary/aromatic N) is 1. The number of alkyl halides is 3. The quantitative estimate of drug-likeness (QED) is 0.836. The second-order valence-corrected chi connectivity index (χ2v) is 5.78. The predicted molar refractivity (Wildman–Crippen MR) is 59.2 cm³/mol. The molecule has 9 heteroatoms. The van der Waals surface area contributed by atoms with Crippen LogP contribution in [0.15, 0.2) is 12.4 Å². The van der Waals surface area contributed by atoms with Crippen molar-refractivity contribution in [2.24, 2.45) is 0 Å². The van der Waals surface area contributed by atoms with Gasteiger partial charge in [0.2, 0.25) is 10.0 Å². The van der Waals surface area contributed by atoms with E-state index < -0.39 is 40.8 Å². The van der Waals surface area contributed by atoms with E-state index in [0.717, 1.165) is 0 Å². The Hall–Kier alpha value is -1.09. The Bertz CT molecular complexity index is 456. The lowest BCUT2D eigenvalue weighted by Gasteiger charge is -2.13. The monoisotopic (exact) mass is 285 g/mol. The van der Waals surface area contributed by atoms with Crippen LogP contribution in [0.25, 0.3) is 0 Å². The van der Waals surface area contributed by atoms with Crippen molar-refractivity contribution in [1.29, 1.82) is 0 Å². The average Bonchev–Trinajstić information content (AvgIpc) is 2.66. The summed E-state index contributed by atoms with van der Waals surface area (Å²) in [7, 11) is -3.72. The Morgan fingerprint density at radius 2 is 2.17 bits per heavy atom. The van der Waals surface area contributed by atoms with Crippen LogP contribution < -0.4 is 4.72 Å². The molecule has 18 heavy (non-hydrogen) atoms. The molecule has 0 aliphatic carbocycles. The molecular weight excluding hydrogens is 271 g/mol. The zero-order valence-corrected chi connectivity index (χ0v) is 10.5. The summed E-state index contributed by atoms with van der Waals surface area (Å²) in [5.41, 5.74) is 0.620. The van der Waals surface area contributed by atoms with Crippen LogP contribution >= 0.6 is 0 Å². The Morgan fingerprint density at radius 3 is 2.67 bits per heavy atom. The number of H-pyrrole nitrogens is 1. The van der Waals surface area contributed by atoms with Crippen molar-refractivity contribution in [3.8, 4) is 0 Å². The summed E-state index contributed by atoms with van der Waals surface area (Å²) in [6.07, 6.45) is -2.91. The van der Waals surface area contributed by atoms with Crippen molar-refractivity contribution in [3.05, 3.63) is 18.0 Å². The van der Waals surface area contributed by atoms with Gasteiger partial charge in [-0.3, -0.25) is 5.10 Å². The van der Waals surface area contributed by atoms with Crippen LogP contribution in [0, 0.1) is 0 Å². The molecule has 0 amide bonds. The maximum Gasteiger partial charge on any atom is 0.389 e. The van der Waals surface area contributed by atoms with Gasteiger partial charge in [-0.25, -0.2) is 13.1 Å². The largest absolute Gasteiger partial charge is 0.389 e. The molecule has 2 N–H and O–H groups in total. The third-order valence-corrected chi connectivity index (χ3v) is 3.79. The summed E-state index contributed by atoms with van der Waals surface area (Å²) in [6, 6.07) is -0.528. The van der Waals surface area contributed by atoms with Gasteiger partial charge in [0.05, 0.1) is 11.9 Å². The van der Waals surface area contributed by atoms with Gasteiger partial charge < -0.3 is 0 Å². The molecule has 0 bridgehead atoms. The van der Waals surface area contributed by atoms with Gasteiger partial charge in [-0.1, -0.05) is 0 Å². The molecule has 0 aromatic carbocycles. The van der Waals surface area contributed by atoms with Gasteiger partial charge in [-0.05, 0) is 13.3 Å². The summed E-state index contributed by atoms with van der Waals surface area (Å²) in [4.78, 5) is 0. The standard InChI is InChI=1S/C9H14F3N3O2S/c1-7(8-5-13-14-6-8)15-18(16,17)4-2-3-9(10,11)12/h5-7,15H,2-4H2,1H3,(H,13,14). The van der Waals surface area contributed by atoms with Crippen molar-refractivity contribution in [1.82, 2.24) is 14.9 Å². The van der Waals surface area contributed by atoms with Crippen molar-refractivity contribution in [2.75, 3.05) is 5.75 Å². The van der Waals surface area contributed by atoms with E-state index in [1.807, 2.05) is 0 Å². The molecule has 1 rings (SSSR count). The summed E-state index contributed by atoms with van der Waals surface area (Å²) < 4.78 is 61.0. The summed E-state index contributed by atoms with van der Waals surface area (Å²) in [5, 5.41) is 6.19. The highest BCUT2D eigenvalue weighted by Crippen LogP contribution is 2.21. The SMILES string of the molecule is CC(NS(=O)(=O)CCCC(F)(F)F)c1cn[nH]c1. The molecule has 0 fully saturated rings. The molecule has 1 heterocycles. The lowest BCUT2D eigenvalue weighted by Crippen LogP contribution is -2.29. The molecule has 1 aromatic heterocycles. The van der Waals surface area contributed by atoms with E-state index in [9.17, 15) is 21.6 Å². The van der Waals surface area contributed by atoms with Crippen molar-refractivity contribution < 1.29 is 21.6 Å². The smallest absolute Gasteiger partial charge is 0.285 e. The van der Waals surface area contributed by atoms with Gasteiger partial charge in [-0.2, -0.15) is 18.3 Å². The maximum absolute atomic E-state index is 11.9. The van der Waals surface area contributed by atoms with Gasteiger partial charge in [0.15, 0.2) is 0 Å². The Labute approximate surface area is 103 Å². The number of nitrogens with one attached hydrogen (secondary N) is 2. The summed E-state index contributed by atoms with van der Waals surface area (Å²) in [6.45, 7) is 1.59. The van der Waals surface area contributed by atoms with E-state index in [1.54, 1.807) is 6.92 Å². The molecule has 0 aliphatic rings. The Morgan fingerprint density at radius 1 is 1.50 bits per heavy atom. The molecule has 0 saturated carbocycles. The fourth-order valence-electron chi connectivity index (χ4n) is 1.36. The molecule has 0 radical (unpaired) electrons. The molecular formula is C9H14F3N3O2S. The Balaban J connectivity index is 2.45. The third kappa shape index (κ3) is 5.50. The van der Waals surface area contributed by atoms with Crippen molar-refractivity contribution in [3.63, 3.8) is 0 Å². The van der Waals surface area contributed by atoms with Crippen LogP contribution in [-0.4, -0.2) is 30.5 Å². The van der Waals surface area contributed by atoms with E-state index in [1.165, 1.54) is 12.4 Å². The van der Waals surface area contributed by atoms with Crippen LogP contribution in [-0.2, 0) is 10.0 Å². The molecule has 1 aromatic rings. The van der Waals surface area contributed by atoms with Gasteiger partial charge in [0.25, 0.3) is 0 Å². The molecule has 1 unspecified atom stereocenters. The van der Waals surface area contributed by atoms with Crippen LogP contribution in [0.5, 0.6) is 0 Å². The minimum absolute atomic E-state index is 0.447. The first-order valence-electron chi connectivity index (χ1n) is 5.25. The third-order valence-electron chi connectivity index (χ3n) is 2.25. The maximum atomic E-state index is 11.9. The number of sulfonamides is 1. The number of halogens is 3. The van der Waals surface area contributed by atoms with Crippen molar-refractivity contribution in [2.45, 2.75) is 32.0 Å². The zero-order chi connectivity index (χ0) is 13.8. The lowest BCUT2D eigenvalue weighted by atomic mass is 10.2. The molecule has 5 nitrogen and oxygen atoms in total. The number of hydrogen-bond donors (Lipinski definition) is 2. The van der Waals surface area contributed by atoms with Crippen LogP contribution in [0.1, 0.15) is 31.4 Å². The van der Waals surface area contributed by atoms with E-state index in [-0.39, 0.29) is 0 Å². The van der Waals surface area contributed by atoms with Crippen LogP contribution in [0.4, 0.5) is 13.2 Å². The predicted octanol–water partition coefficient (Wildman–Crippen LogP) is 1.73. The molecule has 0 aliphatic heterocycles. The van der Waals surface area contributed by atoms with Gasteiger partial charge >= 0.3 is 6.18 Å². The lowest BCUT2D eigenvalue weighted by molar-refractivity contribution is -0.134. The summed E-state index contributed by atoms with van der Waals surface area (Å²) in [5.74, 6) is -0.547. The first-order chi connectivity index (χ1) is 8.20. The minimum Gasteiger partial charge on any atom is -0.285 e. The van der Waals surface area contributed by atoms with E-state index in [2.05, 4.69) is 14.9 Å². The van der Waals surface area contributed by atoms with E-state index in [0.29, 0.717) is 5.56 Å². The van der Waals surface area contributed by atoms with E-state index in [4.69, 9.17) is 0 Å². The molecule has 1 atom stereocenters. The Kier molecular flexibility index (Phi) is 4.74. The summed E-state index contributed by atoms with van der Waals surface area (Å²) >= 11 is 0. The van der Waals surface area contributed by atoms with Crippen molar-refractivity contribution >= 4 is 10.0 Å². The minimum atomic E-state index is -4.33.